The summed E-state index contributed by atoms with van der Waals surface area (Å²) in [6, 6.07) is 16.7. The molecule has 0 spiro atoms. The Morgan fingerprint density at radius 3 is 2.38 bits per heavy atom. The lowest BCUT2D eigenvalue weighted by molar-refractivity contribution is -0.134. The smallest absolute Gasteiger partial charge is 0.256 e. The van der Waals surface area contributed by atoms with Crippen molar-refractivity contribution in [3.63, 3.8) is 0 Å². The van der Waals surface area contributed by atoms with Gasteiger partial charge in [0.25, 0.3) is 5.91 Å². The minimum Gasteiger partial charge on any atom is -0.338 e. The lowest BCUT2D eigenvalue weighted by atomic mass is 9.90. The number of amides is 2. The van der Waals surface area contributed by atoms with Gasteiger partial charge in [0, 0.05) is 37.6 Å². The zero-order valence-electron chi connectivity index (χ0n) is 19.2. The number of halogens is 1. The predicted octanol–water partition coefficient (Wildman–Crippen LogP) is 4.13. The van der Waals surface area contributed by atoms with Gasteiger partial charge in [0.2, 0.25) is 5.91 Å². The summed E-state index contributed by atoms with van der Waals surface area (Å²) in [7, 11) is 0. The molecule has 3 heterocycles. The van der Waals surface area contributed by atoms with Crippen LogP contribution in [0, 0.1) is 12.7 Å². The lowest BCUT2D eigenvalue weighted by Gasteiger charge is -2.39. The van der Waals surface area contributed by atoms with Crippen LogP contribution in [-0.4, -0.2) is 65.8 Å². The largest absolute Gasteiger partial charge is 0.338 e. The first-order chi connectivity index (χ1) is 16.5. The third-order valence-electron chi connectivity index (χ3n) is 6.91. The first-order valence-corrected chi connectivity index (χ1v) is 12.6. The Hall–Kier alpha value is -3.03. The SMILES string of the molecule is Cc1ccccc1[C@@H]1c2ccsc2CCN1CC(=O)N1CCN(C(=O)c2ccccc2F)CC1. The molecule has 2 amide bonds. The maximum Gasteiger partial charge on any atom is 0.256 e. The molecule has 176 valence electrons. The van der Waals surface area contributed by atoms with Gasteiger partial charge >= 0.3 is 0 Å². The van der Waals surface area contributed by atoms with Crippen molar-refractivity contribution in [2.75, 3.05) is 39.3 Å². The summed E-state index contributed by atoms with van der Waals surface area (Å²) in [4.78, 5) is 33.2. The van der Waals surface area contributed by atoms with Crippen molar-refractivity contribution < 1.29 is 14.0 Å². The number of hydrogen-bond acceptors (Lipinski definition) is 4. The molecule has 0 aliphatic carbocycles. The molecule has 1 fully saturated rings. The number of aryl methyl sites for hydroxylation is 1. The van der Waals surface area contributed by atoms with Crippen LogP contribution in [0.1, 0.15) is 38.0 Å². The summed E-state index contributed by atoms with van der Waals surface area (Å²) in [5, 5.41) is 2.15. The number of nitrogens with zero attached hydrogens (tertiary/aromatic N) is 3. The first kappa shape index (κ1) is 22.7. The summed E-state index contributed by atoms with van der Waals surface area (Å²) < 4.78 is 14.0. The van der Waals surface area contributed by atoms with Crippen molar-refractivity contribution in [3.05, 3.63) is 92.9 Å². The number of carbonyl (C=O) groups is 2. The Bertz CT molecular complexity index is 1200. The molecule has 0 radical (unpaired) electrons. The van der Waals surface area contributed by atoms with E-state index in [2.05, 4.69) is 41.5 Å². The second-order valence-electron chi connectivity index (χ2n) is 8.93. The van der Waals surface area contributed by atoms with E-state index in [0.29, 0.717) is 32.7 Å². The molecule has 2 aliphatic rings. The second-order valence-corrected chi connectivity index (χ2v) is 9.93. The highest BCUT2D eigenvalue weighted by Gasteiger charge is 2.33. The molecule has 7 heteroatoms. The van der Waals surface area contributed by atoms with Gasteiger partial charge in [0.15, 0.2) is 0 Å². The van der Waals surface area contributed by atoms with E-state index < -0.39 is 5.82 Å². The molecule has 34 heavy (non-hydrogen) atoms. The highest BCUT2D eigenvalue weighted by atomic mass is 32.1. The fourth-order valence-electron chi connectivity index (χ4n) is 5.03. The Balaban J connectivity index is 1.27. The van der Waals surface area contributed by atoms with Crippen molar-refractivity contribution in [2.45, 2.75) is 19.4 Å². The number of fused-ring (bicyclic) bond motifs is 1. The minimum atomic E-state index is -0.508. The second kappa shape index (κ2) is 9.68. The number of rotatable bonds is 4. The number of hydrogen-bond donors (Lipinski definition) is 0. The molecule has 1 aromatic heterocycles. The Morgan fingerprint density at radius 1 is 0.912 bits per heavy atom. The molecule has 0 bridgehead atoms. The minimum absolute atomic E-state index is 0.0732. The van der Waals surface area contributed by atoms with Gasteiger partial charge in [0.1, 0.15) is 5.82 Å². The van der Waals surface area contributed by atoms with Crippen LogP contribution in [0.3, 0.4) is 0 Å². The highest BCUT2D eigenvalue weighted by molar-refractivity contribution is 7.10. The summed E-state index contributed by atoms with van der Waals surface area (Å²) >= 11 is 1.79. The Morgan fingerprint density at radius 2 is 1.62 bits per heavy atom. The van der Waals surface area contributed by atoms with Crippen molar-refractivity contribution in [2.24, 2.45) is 0 Å². The standard InChI is InChI=1S/C27H28FN3O2S/c1-19-6-2-3-7-20(19)26-22-11-17-34-24(22)10-12-31(26)18-25(32)29-13-15-30(16-14-29)27(33)21-8-4-5-9-23(21)28/h2-9,11,17,26H,10,12-16,18H2,1H3/t26-/m1/s1. The van der Waals surface area contributed by atoms with Crippen LogP contribution in [0.15, 0.2) is 60.0 Å². The molecule has 1 atom stereocenters. The van der Waals surface area contributed by atoms with E-state index >= 15 is 0 Å². The highest BCUT2D eigenvalue weighted by Crippen LogP contribution is 2.38. The molecular formula is C27H28FN3O2S. The zero-order valence-corrected chi connectivity index (χ0v) is 20.1. The first-order valence-electron chi connectivity index (χ1n) is 11.7. The van der Waals surface area contributed by atoms with Gasteiger partial charge in [-0.3, -0.25) is 14.5 Å². The topological polar surface area (TPSA) is 43.9 Å². The molecule has 2 aliphatic heterocycles. The van der Waals surface area contributed by atoms with Gasteiger partial charge in [-0.05, 0) is 53.6 Å². The third kappa shape index (κ3) is 4.38. The molecule has 0 unspecified atom stereocenters. The monoisotopic (exact) mass is 477 g/mol. The zero-order chi connectivity index (χ0) is 23.7. The van der Waals surface area contributed by atoms with Crippen LogP contribution in [0.2, 0.25) is 0 Å². The molecule has 0 N–H and O–H groups in total. The van der Waals surface area contributed by atoms with Crippen LogP contribution in [0.4, 0.5) is 4.39 Å². The summed E-state index contributed by atoms with van der Waals surface area (Å²) in [5.41, 5.74) is 3.86. The molecule has 5 nitrogen and oxygen atoms in total. The summed E-state index contributed by atoms with van der Waals surface area (Å²) in [6.45, 7) is 5.06. The van der Waals surface area contributed by atoms with Crippen LogP contribution >= 0.6 is 11.3 Å². The van der Waals surface area contributed by atoms with Crippen LogP contribution in [0.5, 0.6) is 0 Å². The summed E-state index contributed by atoms with van der Waals surface area (Å²) in [6.07, 6.45) is 0.952. The lowest BCUT2D eigenvalue weighted by Crippen LogP contribution is -2.53. The van der Waals surface area contributed by atoms with Gasteiger partial charge < -0.3 is 9.80 Å². The summed E-state index contributed by atoms with van der Waals surface area (Å²) in [5.74, 6) is -0.743. The number of piperazine rings is 1. The van der Waals surface area contributed by atoms with Crippen molar-refractivity contribution in [3.8, 4) is 0 Å². The predicted molar refractivity (Wildman–Crippen MR) is 132 cm³/mol. The number of thiophene rings is 1. The van der Waals surface area contributed by atoms with Crippen LogP contribution in [0.25, 0.3) is 0 Å². The Labute approximate surface area is 203 Å². The van der Waals surface area contributed by atoms with E-state index in [1.807, 2.05) is 11.0 Å². The van der Waals surface area contributed by atoms with Gasteiger partial charge in [-0.1, -0.05) is 36.4 Å². The van der Waals surface area contributed by atoms with E-state index in [-0.39, 0.29) is 23.4 Å². The van der Waals surface area contributed by atoms with E-state index in [1.54, 1.807) is 28.4 Å². The average molecular weight is 478 g/mol. The van der Waals surface area contributed by atoms with Crippen LogP contribution < -0.4 is 0 Å². The molecular weight excluding hydrogens is 449 g/mol. The van der Waals surface area contributed by atoms with Crippen molar-refractivity contribution in [1.82, 2.24) is 14.7 Å². The average Bonchev–Trinajstić information content (AvgIpc) is 3.33. The number of carbonyl (C=O) groups excluding carboxylic acids is 2. The fraction of sp³-hybridized carbons (Fsp3) is 0.333. The van der Waals surface area contributed by atoms with E-state index in [9.17, 15) is 14.0 Å². The molecule has 5 rings (SSSR count). The maximum atomic E-state index is 14.0. The van der Waals surface area contributed by atoms with E-state index in [1.165, 1.54) is 33.7 Å². The number of benzene rings is 2. The maximum absolute atomic E-state index is 14.0. The normalized spacial score (nSPS) is 18.6. The van der Waals surface area contributed by atoms with Crippen molar-refractivity contribution in [1.29, 1.82) is 0 Å². The quantitative estimate of drug-likeness (QED) is 0.568. The molecule has 1 saturated heterocycles. The Kier molecular flexibility index (Phi) is 6.48. The van der Waals surface area contributed by atoms with Gasteiger partial charge in [-0.2, -0.15) is 0 Å². The van der Waals surface area contributed by atoms with Gasteiger partial charge in [0.05, 0.1) is 18.2 Å². The molecule has 3 aromatic rings. The molecule has 2 aromatic carbocycles. The molecule has 0 saturated carbocycles. The van der Waals surface area contributed by atoms with Gasteiger partial charge in [-0.25, -0.2) is 4.39 Å². The third-order valence-corrected chi connectivity index (χ3v) is 7.91. The van der Waals surface area contributed by atoms with E-state index in [4.69, 9.17) is 0 Å². The van der Waals surface area contributed by atoms with E-state index in [0.717, 1.165) is 13.0 Å². The van der Waals surface area contributed by atoms with Gasteiger partial charge in [-0.15, -0.1) is 11.3 Å². The van der Waals surface area contributed by atoms with Crippen molar-refractivity contribution >= 4 is 23.2 Å². The fourth-order valence-corrected chi connectivity index (χ4v) is 5.94. The van der Waals surface area contributed by atoms with Crippen LogP contribution in [-0.2, 0) is 11.2 Å².